The molecule has 188 valence electrons. The minimum absolute atomic E-state index is 0.0681. The van der Waals surface area contributed by atoms with Crippen molar-refractivity contribution in [2.75, 3.05) is 29.1 Å². The van der Waals surface area contributed by atoms with Gasteiger partial charge in [-0.1, -0.05) is 16.8 Å². The summed E-state index contributed by atoms with van der Waals surface area (Å²) in [5.74, 6) is -0.973. The van der Waals surface area contributed by atoms with E-state index in [-0.39, 0.29) is 24.0 Å². The number of nitrogen functional groups attached to an aromatic ring is 1. The van der Waals surface area contributed by atoms with E-state index in [0.29, 0.717) is 33.7 Å². The molecular formula is C24H20ClN7O5. The van der Waals surface area contributed by atoms with E-state index in [4.69, 9.17) is 31.9 Å². The highest BCUT2D eigenvalue weighted by Crippen LogP contribution is 2.28. The van der Waals surface area contributed by atoms with Crippen LogP contribution in [0.2, 0.25) is 5.02 Å². The number of ether oxygens (including phenoxy) is 1. The number of carbonyl (C=O) groups is 2. The van der Waals surface area contributed by atoms with Crippen molar-refractivity contribution in [2.24, 2.45) is 0 Å². The first-order valence-electron chi connectivity index (χ1n) is 11.1. The van der Waals surface area contributed by atoms with E-state index in [9.17, 15) is 14.7 Å². The Morgan fingerprint density at radius 2 is 2.14 bits per heavy atom. The molecule has 0 radical (unpaired) electrons. The highest BCUT2D eigenvalue weighted by atomic mass is 35.5. The van der Waals surface area contributed by atoms with Crippen LogP contribution >= 0.6 is 11.6 Å². The Morgan fingerprint density at radius 1 is 1.32 bits per heavy atom. The topological polar surface area (TPSA) is 173 Å². The molecule has 0 saturated carbocycles. The largest absolute Gasteiger partial charge is 0.380 e. The molecule has 12 nitrogen and oxygen atoms in total. The maximum atomic E-state index is 13.3. The molecule has 4 aromatic rings. The van der Waals surface area contributed by atoms with E-state index >= 15 is 0 Å². The first-order chi connectivity index (χ1) is 17.7. The van der Waals surface area contributed by atoms with E-state index in [0.717, 1.165) is 0 Å². The number of anilines is 3. The third-order valence-corrected chi connectivity index (χ3v) is 6.32. The number of hydrogen-bond acceptors (Lipinski definition) is 9. The Bertz CT molecular complexity index is 1570. The number of benzene rings is 2. The standard InChI is InChI=1S/C24H20ClN7O5/c1-24(35,23(34)28-14-3-5-16-18(10-14)37-30-21(16)27)20-22(33)31(8-9-36-20)19-6-7-32(29-19)15-4-2-13(12-26)17(25)11-15/h2-7,10-11,20,35H,8-9H2,1H3,(H2,27,30)(H,28,34)/t20-,24?/m0/s1. The Morgan fingerprint density at radius 3 is 2.89 bits per heavy atom. The van der Waals surface area contributed by atoms with Crippen LogP contribution in [0.25, 0.3) is 16.7 Å². The summed E-state index contributed by atoms with van der Waals surface area (Å²) in [5, 5.41) is 31.7. The summed E-state index contributed by atoms with van der Waals surface area (Å²) in [4.78, 5) is 27.6. The van der Waals surface area contributed by atoms with Crippen molar-refractivity contribution in [1.82, 2.24) is 14.9 Å². The predicted molar refractivity (Wildman–Crippen MR) is 133 cm³/mol. The third-order valence-electron chi connectivity index (χ3n) is 6.01. The summed E-state index contributed by atoms with van der Waals surface area (Å²) in [6.45, 7) is 1.44. The molecule has 0 bridgehead atoms. The van der Waals surface area contributed by atoms with Gasteiger partial charge in [0.05, 0.1) is 34.8 Å². The van der Waals surface area contributed by atoms with Crippen LogP contribution in [0.3, 0.4) is 0 Å². The SMILES string of the molecule is CC(O)(C(=O)Nc1ccc2c(N)noc2c1)[C@H]1OCCN(c2ccn(-c3ccc(C#N)c(Cl)c3)n2)C1=O. The molecule has 1 fully saturated rings. The summed E-state index contributed by atoms with van der Waals surface area (Å²) < 4.78 is 12.1. The van der Waals surface area contributed by atoms with E-state index in [1.807, 2.05) is 6.07 Å². The van der Waals surface area contributed by atoms with Crippen LogP contribution in [0, 0.1) is 11.3 Å². The molecule has 13 heteroatoms. The molecule has 1 saturated heterocycles. The van der Waals surface area contributed by atoms with Crippen LogP contribution in [0.5, 0.6) is 0 Å². The number of rotatable bonds is 5. The number of nitrogens with zero attached hydrogens (tertiary/aromatic N) is 5. The quantitative estimate of drug-likeness (QED) is 0.356. The molecule has 1 unspecified atom stereocenters. The highest BCUT2D eigenvalue weighted by Gasteiger charge is 2.49. The number of aromatic nitrogens is 3. The van der Waals surface area contributed by atoms with Crippen molar-refractivity contribution in [3.63, 3.8) is 0 Å². The lowest BCUT2D eigenvalue weighted by molar-refractivity contribution is -0.165. The minimum Gasteiger partial charge on any atom is -0.380 e. The molecule has 0 spiro atoms. The number of carbonyl (C=O) groups excluding carboxylic acids is 2. The Hall–Kier alpha value is -4.44. The van der Waals surface area contributed by atoms with Gasteiger partial charge in [0.15, 0.2) is 28.9 Å². The van der Waals surface area contributed by atoms with Crippen LogP contribution in [0.15, 0.2) is 53.2 Å². The van der Waals surface area contributed by atoms with Crippen LogP contribution in [-0.2, 0) is 14.3 Å². The number of amides is 2. The fraction of sp³-hybridized carbons (Fsp3) is 0.208. The van der Waals surface area contributed by atoms with Crippen LogP contribution < -0.4 is 16.0 Å². The Kier molecular flexibility index (Phi) is 6.04. The molecule has 4 N–H and O–H groups in total. The average molecular weight is 522 g/mol. The third kappa shape index (κ3) is 4.36. The number of hydrogen-bond donors (Lipinski definition) is 3. The van der Waals surface area contributed by atoms with Crippen molar-refractivity contribution in [2.45, 2.75) is 18.6 Å². The second-order valence-corrected chi connectivity index (χ2v) is 8.92. The van der Waals surface area contributed by atoms with E-state index in [1.165, 1.54) is 22.6 Å². The Balaban J connectivity index is 1.34. The fourth-order valence-corrected chi connectivity index (χ4v) is 4.18. The normalized spacial score (nSPS) is 17.4. The number of fused-ring (bicyclic) bond motifs is 1. The van der Waals surface area contributed by atoms with Gasteiger partial charge in [0.2, 0.25) is 0 Å². The lowest BCUT2D eigenvalue weighted by Gasteiger charge is -2.37. The predicted octanol–water partition coefficient (Wildman–Crippen LogP) is 2.24. The molecule has 2 atom stereocenters. The number of morpholine rings is 1. The smallest absolute Gasteiger partial charge is 0.260 e. The zero-order valence-electron chi connectivity index (χ0n) is 19.4. The summed E-state index contributed by atoms with van der Waals surface area (Å²) in [6.07, 6.45) is 0.141. The molecule has 2 aromatic heterocycles. The molecule has 0 aliphatic carbocycles. The average Bonchev–Trinajstić information content (AvgIpc) is 3.51. The zero-order chi connectivity index (χ0) is 26.3. The van der Waals surface area contributed by atoms with Crippen LogP contribution in [0.1, 0.15) is 12.5 Å². The van der Waals surface area contributed by atoms with Crippen LogP contribution in [-0.4, -0.2) is 56.7 Å². The second kappa shape index (κ2) is 9.21. The number of nitriles is 1. The molecule has 37 heavy (non-hydrogen) atoms. The number of nitrogens with two attached hydrogens (primary N) is 1. The number of aliphatic hydroxyl groups is 1. The van der Waals surface area contributed by atoms with E-state index < -0.39 is 23.5 Å². The van der Waals surface area contributed by atoms with Crippen molar-refractivity contribution in [1.29, 1.82) is 5.26 Å². The van der Waals surface area contributed by atoms with Crippen molar-refractivity contribution in [3.8, 4) is 11.8 Å². The monoisotopic (exact) mass is 521 g/mol. The molecule has 5 rings (SSSR count). The van der Waals surface area contributed by atoms with E-state index in [1.54, 1.807) is 42.6 Å². The first kappa shape index (κ1) is 24.3. The lowest BCUT2D eigenvalue weighted by Crippen LogP contribution is -2.61. The van der Waals surface area contributed by atoms with Gasteiger partial charge in [-0.15, -0.1) is 5.10 Å². The molecule has 2 amide bonds. The van der Waals surface area contributed by atoms with Gasteiger partial charge >= 0.3 is 0 Å². The van der Waals surface area contributed by atoms with Gasteiger partial charge in [-0.25, -0.2) is 4.68 Å². The van der Waals surface area contributed by atoms with Gasteiger partial charge < -0.3 is 25.4 Å². The van der Waals surface area contributed by atoms with Gasteiger partial charge in [-0.2, -0.15) is 5.26 Å². The highest BCUT2D eigenvalue weighted by molar-refractivity contribution is 6.31. The number of halogens is 1. The maximum absolute atomic E-state index is 13.3. The first-order valence-corrected chi connectivity index (χ1v) is 11.4. The summed E-state index contributed by atoms with van der Waals surface area (Å²) >= 11 is 6.12. The maximum Gasteiger partial charge on any atom is 0.260 e. The minimum atomic E-state index is -2.21. The summed E-state index contributed by atoms with van der Waals surface area (Å²) in [5.41, 5.74) is 5.08. The zero-order valence-corrected chi connectivity index (χ0v) is 20.1. The van der Waals surface area contributed by atoms with Crippen molar-refractivity contribution in [3.05, 3.63) is 59.2 Å². The molecule has 1 aliphatic rings. The molecule has 1 aliphatic heterocycles. The molecular weight excluding hydrogens is 502 g/mol. The van der Waals surface area contributed by atoms with Gasteiger partial charge in [0, 0.05) is 24.0 Å². The lowest BCUT2D eigenvalue weighted by atomic mass is 9.95. The summed E-state index contributed by atoms with van der Waals surface area (Å²) in [7, 11) is 0. The molecule has 2 aromatic carbocycles. The summed E-state index contributed by atoms with van der Waals surface area (Å²) in [6, 6.07) is 13.1. The van der Waals surface area contributed by atoms with Gasteiger partial charge in [0.25, 0.3) is 11.8 Å². The van der Waals surface area contributed by atoms with Gasteiger partial charge in [-0.05, 0) is 37.3 Å². The van der Waals surface area contributed by atoms with Crippen molar-refractivity contribution >= 4 is 51.7 Å². The number of nitrogens with one attached hydrogen (secondary N) is 1. The van der Waals surface area contributed by atoms with Crippen LogP contribution in [0.4, 0.5) is 17.3 Å². The van der Waals surface area contributed by atoms with Gasteiger partial charge in [0.1, 0.15) is 6.07 Å². The van der Waals surface area contributed by atoms with E-state index in [2.05, 4.69) is 15.6 Å². The molecule has 3 heterocycles. The second-order valence-electron chi connectivity index (χ2n) is 8.52. The van der Waals surface area contributed by atoms with Crippen molar-refractivity contribution < 1.29 is 24.0 Å². The fourth-order valence-electron chi connectivity index (χ4n) is 3.97. The van der Waals surface area contributed by atoms with Gasteiger partial charge in [-0.3, -0.25) is 14.5 Å². The Labute approximate surface area is 214 Å².